The summed E-state index contributed by atoms with van der Waals surface area (Å²) in [7, 11) is 3.23. The maximum atomic E-state index is 5.96. The molecule has 3 aromatic rings. The highest BCUT2D eigenvalue weighted by Gasteiger charge is 2.11. The van der Waals surface area contributed by atoms with Gasteiger partial charge in [-0.1, -0.05) is 17.7 Å². The molecule has 6 heteroatoms. The normalized spacial score (nSPS) is 10.6. The molecule has 118 valence electrons. The minimum atomic E-state index is 0.545. The van der Waals surface area contributed by atoms with Gasteiger partial charge in [-0.25, -0.2) is 4.98 Å². The summed E-state index contributed by atoms with van der Waals surface area (Å²) < 4.78 is 10.6. The number of nitrogen functional groups attached to an aromatic ring is 1. The van der Waals surface area contributed by atoms with Crippen LogP contribution in [0, 0.1) is 0 Å². The van der Waals surface area contributed by atoms with Gasteiger partial charge in [-0.15, -0.1) is 11.3 Å². The fourth-order valence-corrected chi connectivity index (χ4v) is 3.15. The molecule has 23 heavy (non-hydrogen) atoms. The fourth-order valence-electron chi connectivity index (χ4n) is 2.21. The van der Waals surface area contributed by atoms with Crippen molar-refractivity contribution in [3.05, 3.63) is 46.8 Å². The number of nitrogens with zero attached hydrogens (tertiary/aromatic N) is 1. The van der Waals surface area contributed by atoms with Crippen molar-refractivity contribution >= 4 is 28.6 Å². The number of hydrogen-bond acceptors (Lipinski definition) is 5. The Balaban J connectivity index is 1.97. The molecule has 0 aliphatic rings. The molecule has 0 saturated carbocycles. The van der Waals surface area contributed by atoms with Crippen LogP contribution in [0.15, 0.2) is 41.8 Å². The number of thiazole rings is 1. The lowest BCUT2D eigenvalue weighted by Gasteiger charge is -2.08. The van der Waals surface area contributed by atoms with Crippen LogP contribution in [0.1, 0.15) is 0 Å². The van der Waals surface area contributed by atoms with Crippen LogP contribution in [0.4, 0.5) is 5.69 Å². The molecule has 2 N–H and O–H groups in total. The standard InChI is InChI=1S/C17H15ClN2O2S/c1-21-15-6-4-11(8-16(15)22-2)17-20-14(9-23-17)10-3-5-12(18)13(19)7-10/h3-9H,19H2,1-2H3. The van der Waals surface area contributed by atoms with Crippen molar-refractivity contribution in [3.63, 3.8) is 0 Å². The molecule has 1 aromatic heterocycles. The van der Waals surface area contributed by atoms with Crippen LogP contribution in [0.2, 0.25) is 5.02 Å². The number of halogens is 1. The van der Waals surface area contributed by atoms with E-state index in [-0.39, 0.29) is 0 Å². The van der Waals surface area contributed by atoms with E-state index >= 15 is 0 Å². The van der Waals surface area contributed by atoms with E-state index in [0.29, 0.717) is 22.2 Å². The fraction of sp³-hybridized carbons (Fsp3) is 0.118. The predicted octanol–water partition coefficient (Wildman–Crippen LogP) is 4.73. The predicted molar refractivity (Wildman–Crippen MR) is 95.5 cm³/mol. The number of anilines is 1. The van der Waals surface area contributed by atoms with Crippen LogP contribution in [-0.2, 0) is 0 Å². The van der Waals surface area contributed by atoms with Crippen molar-refractivity contribution in [1.29, 1.82) is 0 Å². The van der Waals surface area contributed by atoms with Gasteiger partial charge in [-0.2, -0.15) is 0 Å². The molecular weight excluding hydrogens is 332 g/mol. The molecule has 0 radical (unpaired) electrons. The summed E-state index contributed by atoms with van der Waals surface area (Å²) in [5, 5.41) is 3.44. The van der Waals surface area contributed by atoms with E-state index in [4.69, 9.17) is 26.8 Å². The smallest absolute Gasteiger partial charge is 0.161 e. The average molecular weight is 347 g/mol. The highest BCUT2D eigenvalue weighted by atomic mass is 35.5. The van der Waals surface area contributed by atoms with Crippen molar-refractivity contribution < 1.29 is 9.47 Å². The van der Waals surface area contributed by atoms with Crippen molar-refractivity contribution in [2.45, 2.75) is 0 Å². The summed E-state index contributed by atoms with van der Waals surface area (Å²) >= 11 is 7.52. The number of benzene rings is 2. The van der Waals surface area contributed by atoms with Crippen LogP contribution >= 0.6 is 22.9 Å². The van der Waals surface area contributed by atoms with Gasteiger partial charge in [-0.05, 0) is 30.3 Å². The molecule has 0 spiro atoms. The van der Waals surface area contributed by atoms with Crippen LogP contribution in [-0.4, -0.2) is 19.2 Å². The molecular formula is C17H15ClN2O2S. The molecule has 0 saturated heterocycles. The molecule has 2 aromatic carbocycles. The Labute approximate surface area is 143 Å². The third-order valence-electron chi connectivity index (χ3n) is 3.43. The molecule has 0 unspecified atom stereocenters. The topological polar surface area (TPSA) is 57.4 Å². The zero-order valence-corrected chi connectivity index (χ0v) is 14.2. The second-order valence-corrected chi connectivity index (χ2v) is 6.11. The van der Waals surface area contributed by atoms with E-state index in [1.54, 1.807) is 31.6 Å². The van der Waals surface area contributed by atoms with Gasteiger partial charge >= 0.3 is 0 Å². The zero-order chi connectivity index (χ0) is 16.4. The summed E-state index contributed by atoms with van der Waals surface area (Å²) in [6.07, 6.45) is 0. The van der Waals surface area contributed by atoms with Crippen molar-refractivity contribution in [2.24, 2.45) is 0 Å². The van der Waals surface area contributed by atoms with Gasteiger partial charge in [-0.3, -0.25) is 0 Å². The van der Waals surface area contributed by atoms with Gasteiger partial charge in [0.25, 0.3) is 0 Å². The second kappa shape index (κ2) is 6.48. The lowest BCUT2D eigenvalue weighted by Crippen LogP contribution is -1.91. The SMILES string of the molecule is COc1ccc(-c2nc(-c3ccc(Cl)c(N)c3)cs2)cc1OC. The van der Waals surface area contributed by atoms with Gasteiger partial charge < -0.3 is 15.2 Å². The van der Waals surface area contributed by atoms with Crippen LogP contribution < -0.4 is 15.2 Å². The molecule has 0 bridgehead atoms. The summed E-state index contributed by atoms with van der Waals surface area (Å²) in [6.45, 7) is 0. The quantitative estimate of drug-likeness (QED) is 0.694. The summed E-state index contributed by atoms with van der Waals surface area (Å²) in [5.41, 5.74) is 9.18. The molecule has 3 rings (SSSR count). The Bertz CT molecular complexity index is 848. The van der Waals surface area contributed by atoms with E-state index in [1.807, 2.05) is 35.7 Å². The zero-order valence-electron chi connectivity index (χ0n) is 12.7. The Morgan fingerprint density at radius 1 is 1.00 bits per heavy atom. The third-order valence-corrected chi connectivity index (χ3v) is 4.66. The van der Waals surface area contributed by atoms with E-state index < -0.39 is 0 Å². The molecule has 0 fully saturated rings. The highest BCUT2D eigenvalue weighted by molar-refractivity contribution is 7.13. The molecule has 0 atom stereocenters. The number of nitrogens with two attached hydrogens (primary N) is 1. The number of hydrogen-bond donors (Lipinski definition) is 1. The van der Waals surface area contributed by atoms with E-state index in [1.165, 1.54) is 0 Å². The summed E-state index contributed by atoms with van der Waals surface area (Å²) in [5.74, 6) is 1.37. The monoisotopic (exact) mass is 346 g/mol. The first-order valence-corrected chi connectivity index (χ1v) is 8.11. The Morgan fingerprint density at radius 2 is 1.74 bits per heavy atom. The summed E-state index contributed by atoms with van der Waals surface area (Å²) in [4.78, 5) is 4.68. The second-order valence-electron chi connectivity index (χ2n) is 4.84. The summed E-state index contributed by atoms with van der Waals surface area (Å²) in [6, 6.07) is 11.3. The minimum absolute atomic E-state index is 0.545. The number of ether oxygens (including phenoxy) is 2. The number of aromatic nitrogens is 1. The van der Waals surface area contributed by atoms with E-state index in [9.17, 15) is 0 Å². The average Bonchev–Trinajstić information content (AvgIpc) is 3.06. The first-order valence-electron chi connectivity index (χ1n) is 6.85. The Kier molecular flexibility index (Phi) is 4.41. The maximum Gasteiger partial charge on any atom is 0.161 e. The largest absolute Gasteiger partial charge is 0.493 e. The lowest BCUT2D eigenvalue weighted by atomic mass is 10.1. The number of methoxy groups -OCH3 is 2. The number of rotatable bonds is 4. The highest BCUT2D eigenvalue weighted by Crippen LogP contribution is 2.35. The molecule has 0 aliphatic carbocycles. The first-order chi connectivity index (χ1) is 11.1. The van der Waals surface area contributed by atoms with Gasteiger partial charge in [0.05, 0.1) is 30.6 Å². The molecule has 0 aliphatic heterocycles. The Hall–Kier alpha value is -2.24. The van der Waals surface area contributed by atoms with Crippen molar-refractivity contribution in [3.8, 4) is 33.3 Å². The molecule has 0 amide bonds. The van der Waals surface area contributed by atoms with E-state index in [0.717, 1.165) is 21.8 Å². The van der Waals surface area contributed by atoms with Gasteiger partial charge in [0, 0.05) is 16.5 Å². The van der Waals surface area contributed by atoms with Gasteiger partial charge in [0.2, 0.25) is 0 Å². The Morgan fingerprint density at radius 3 is 2.43 bits per heavy atom. The van der Waals surface area contributed by atoms with Gasteiger partial charge in [0.1, 0.15) is 5.01 Å². The van der Waals surface area contributed by atoms with Crippen molar-refractivity contribution in [1.82, 2.24) is 4.98 Å². The molecule has 1 heterocycles. The van der Waals surface area contributed by atoms with Crippen LogP contribution in [0.25, 0.3) is 21.8 Å². The maximum absolute atomic E-state index is 5.96. The van der Waals surface area contributed by atoms with Crippen LogP contribution in [0.3, 0.4) is 0 Å². The first kappa shape index (κ1) is 15.6. The third kappa shape index (κ3) is 3.11. The molecule has 4 nitrogen and oxygen atoms in total. The lowest BCUT2D eigenvalue weighted by molar-refractivity contribution is 0.355. The minimum Gasteiger partial charge on any atom is -0.493 e. The van der Waals surface area contributed by atoms with E-state index in [2.05, 4.69) is 4.98 Å². The van der Waals surface area contributed by atoms with Crippen LogP contribution in [0.5, 0.6) is 11.5 Å². The van der Waals surface area contributed by atoms with Gasteiger partial charge in [0.15, 0.2) is 11.5 Å². The van der Waals surface area contributed by atoms with Crippen molar-refractivity contribution in [2.75, 3.05) is 20.0 Å².